The van der Waals surface area contributed by atoms with Gasteiger partial charge in [0.05, 0.1) is 23.9 Å². The van der Waals surface area contributed by atoms with Crippen molar-refractivity contribution >= 4 is 22.6 Å². The number of halogens is 1. The Balaban J connectivity index is 1.55. The number of furan rings is 1. The van der Waals surface area contributed by atoms with Crippen molar-refractivity contribution < 1.29 is 13.6 Å². The van der Waals surface area contributed by atoms with Crippen molar-refractivity contribution in [3.63, 3.8) is 0 Å². The summed E-state index contributed by atoms with van der Waals surface area (Å²) in [6.07, 6.45) is 1.65. The zero-order valence-electron chi connectivity index (χ0n) is 14.9. The maximum atomic E-state index is 12.7. The van der Waals surface area contributed by atoms with Crippen LogP contribution < -0.4 is 10.4 Å². The third-order valence-corrected chi connectivity index (χ3v) is 5.11. The lowest BCUT2D eigenvalue weighted by atomic mass is 10.0. The summed E-state index contributed by atoms with van der Waals surface area (Å²) >= 11 is 5.95. The van der Waals surface area contributed by atoms with Crippen molar-refractivity contribution in [1.82, 2.24) is 4.90 Å². The van der Waals surface area contributed by atoms with Crippen LogP contribution >= 0.6 is 11.6 Å². The molecule has 4 aromatic rings. The first-order chi connectivity index (χ1) is 13.7. The first-order valence-electron chi connectivity index (χ1n) is 8.90. The van der Waals surface area contributed by atoms with Crippen LogP contribution in [0.4, 0.5) is 0 Å². The van der Waals surface area contributed by atoms with Gasteiger partial charge in [-0.15, -0.1) is 0 Å². The van der Waals surface area contributed by atoms with Gasteiger partial charge in [0.15, 0.2) is 0 Å². The number of hydrogen-bond donors (Lipinski definition) is 0. The number of benzene rings is 2. The van der Waals surface area contributed by atoms with Gasteiger partial charge in [-0.3, -0.25) is 4.90 Å². The molecule has 0 atom stereocenters. The van der Waals surface area contributed by atoms with Crippen LogP contribution in [-0.4, -0.2) is 11.6 Å². The molecule has 5 rings (SSSR count). The van der Waals surface area contributed by atoms with Crippen LogP contribution in [0, 0.1) is 0 Å². The summed E-state index contributed by atoms with van der Waals surface area (Å²) in [5, 5.41) is 1.48. The maximum absolute atomic E-state index is 12.7. The van der Waals surface area contributed by atoms with Crippen molar-refractivity contribution in [3.05, 3.63) is 87.6 Å². The van der Waals surface area contributed by atoms with Crippen molar-refractivity contribution in [3.8, 4) is 16.9 Å². The fourth-order valence-electron chi connectivity index (χ4n) is 3.49. The lowest BCUT2D eigenvalue weighted by Crippen LogP contribution is -2.31. The van der Waals surface area contributed by atoms with E-state index in [0.717, 1.165) is 28.0 Å². The highest BCUT2D eigenvalue weighted by atomic mass is 35.5. The van der Waals surface area contributed by atoms with Crippen LogP contribution in [-0.2, 0) is 13.1 Å². The molecule has 0 radical (unpaired) electrons. The number of hydrogen-bond acceptors (Lipinski definition) is 5. The fraction of sp³-hybridized carbons (Fsp3) is 0.136. The third kappa shape index (κ3) is 3.09. The summed E-state index contributed by atoms with van der Waals surface area (Å²) in [5.41, 5.74) is 2.33. The predicted octanol–water partition coefficient (Wildman–Crippen LogP) is 5.06. The van der Waals surface area contributed by atoms with Gasteiger partial charge in [0.1, 0.15) is 23.8 Å². The minimum Gasteiger partial charge on any atom is -0.478 e. The minimum atomic E-state index is -0.383. The first-order valence-corrected chi connectivity index (χ1v) is 9.28. The van der Waals surface area contributed by atoms with Crippen LogP contribution in [0.2, 0.25) is 5.02 Å². The van der Waals surface area contributed by atoms with Gasteiger partial charge in [-0.1, -0.05) is 23.7 Å². The Hall–Kier alpha value is -3.02. The van der Waals surface area contributed by atoms with Crippen LogP contribution in [0.5, 0.6) is 5.75 Å². The second-order valence-electron chi connectivity index (χ2n) is 6.75. The average molecular weight is 394 g/mol. The summed E-state index contributed by atoms with van der Waals surface area (Å²) in [6, 6.07) is 16.6. The molecule has 140 valence electrons. The quantitative estimate of drug-likeness (QED) is 0.455. The number of ether oxygens (including phenoxy) is 1. The zero-order chi connectivity index (χ0) is 19.1. The summed E-state index contributed by atoms with van der Waals surface area (Å²) in [6.45, 7) is 1.68. The van der Waals surface area contributed by atoms with Crippen LogP contribution in [0.15, 0.2) is 74.5 Å². The Bertz CT molecular complexity index is 1200. The van der Waals surface area contributed by atoms with E-state index in [1.807, 2.05) is 42.5 Å². The second kappa shape index (κ2) is 6.86. The smallest absolute Gasteiger partial charge is 0.344 e. The molecule has 0 aliphatic carbocycles. The molecule has 0 saturated carbocycles. The molecule has 1 aliphatic heterocycles. The van der Waals surface area contributed by atoms with Gasteiger partial charge in [0.2, 0.25) is 0 Å². The summed E-state index contributed by atoms with van der Waals surface area (Å²) in [4.78, 5) is 14.8. The van der Waals surface area contributed by atoms with Gasteiger partial charge < -0.3 is 13.6 Å². The molecule has 2 aromatic carbocycles. The molecule has 0 saturated heterocycles. The molecule has 6 heteroatoms. The number of rotatable bonds is 3. The highest BCUT2D eigenvalue weighted by Gasteiger charge is 2.22. The molecule has 1 aliphatic rings. The highest BCUT2D eigenvalue weighted by molar-refractivity contribution is 6.30. The average Bonchev–Trinajstić information content (AvgIpc) is 3.21. The summed E-state index contributed by atoms with van der Waals surface area (Å²) in [7, 11) is 0. The summed E-state index contributed by atoms with van der Waals surface area (Å²) in [5.74, 6) is 1.60. The molecule has 5 nitrogen and oxygen atoms in total. The number of nitrogens with zero attached hydrogens (tertiary/aromatic N) is 1. The lowest BCUT2D eigenvalue weighted by Gasteiger charge is -2.28. The van der Waals surface area contributed by atoms with Gasteiger partial charge >= 0.3 is 5.63 Å². The predicted molar refractivity (Wildman–Crippen MR) is 106 cm³/mol. The van der Waals surface area contributed by atoms with Gasteiger partial charge in [-0.25, -0.2) is 4.79 Å². The van der Waals surface area contributed by atoms with E-state index < -0.39 is 0 Å². The Morgan fingerprint density at radius 3 is 2.71 bits per heavy atom. The van der Waals surface area contributed by atoms with E-state index in [2.05, 4.69) is 4.90 Å². The van der Waals surface area contributed by atoms with Crippen LogP contribution in [0.1, 0.15) is 11.3 Å². The molecule has 0 bridgehead atoms. The van der Waals surface area contributed by atoms with Gasteiger partial charge in [-0.2, -0.15) is 0 Å². The van der Waals surface area contributed by atoms with E-state index in [9.17, 15) is 4.79 Å². The Labute approximate surface area is 165 Å². The van der Waals surface area contributed by atoms with E-state index in [1.54, 1.807) is 18.4 Å². The molecular weight excluding hydrogens is 378 g/mol. The molecule has 2 aromatic heterocycles. The number of fused-ring (bicyclic) bond motifs is 3. The van der Waals surface area contributed by atoms with Crippen LogP contribution in [0.25, 0.3) is 22.1 Å². The van der Waals surface area contributed by atoms with Gasteiger partial charge in [-0.05, 0) is 48.0 Å². The van der Waals surface area contributed by atoms with E-state index in [4.69, 9.17) is 25.2 Å². The highest BCUT2D eigenvalue weighted by Crippen LogP contribution is 2.33. The second-order valence-corrected chi connectivity index (χ2v) is 7.19. The standard InChI is InChI=1S/C22H16ClNO4/c23-16-6-3-14(4-7-16)18-10-15-5-8-20-19(21(15)28-22(18)25)12-24(13-27-20)11-17-2-1-9-26-17/h1-10H,11-13H2. The molecule has 0 fully saturated rings. The van der Waals surface area contributed by atoms with Crippen LogP contribution in [0.3, 0.4) is 0 Å². The van der Waals surface area contributed by atoms with E-state index in [0.29, 0.717) is 36.0 Å². The Morgan fingerprint density at radius 1 is 1.07 bits per heavy atom. The molecule has 0 amide bonds. The first kappa shape index (κ1) is 17.1. The molecule has 0 N–H and O–H groups in total. The van der Waals surface area contributed by atoms with Crippen molar-refractivity contribution in [2.75, 3.05) is 6.73 Å². The van der Waals surface area contributed by atoms with Gasteiger partial charge in [0.25, 0.3) is 0 Å². The molecule has 0 spiro atoms. The minimum absolute atomic E-state index is 0.383. The van der Waals surface area contributed by atoms with Gasteiger partial charge in [0, 0.05) is 17.0 Å². The maximum Gasteiger partial charge on any atom is 0.344 e. The van der Waals surface area contributed by atoms with E-state index in [-0.39, 0.29) is 5.63 Å². The molecule has 28 heavy (non-hydrogen) atoms. The largest absolute Gasteiger partial charge is 0.478 e. The fourth-order valence-corrected chi connectivity index (χ4v) is 3.62. The zero-order valence-corrected chi connectivity index (χ0v) is 15.6. The SMILES string of the molecule is O=c1oc2c3c(ccc2cc1-c1ccc(Cl)cc1)OCN(Cc1ccco1)C3. The monoisotopic (exact) mass is 393 g/mol. The Kier molecular flexibility index (Phi) is 4.19. The molecule has 0 unspecified atom stereocenters. The van der Waals surface area contributed by atoms with Crippen molar-refractivity contribution in [2.24, 2.45) is 0 Å². The van der Waals surface area contributed by atoms with Crippen molar-refractivity contribution in [2.45, 2.75) is 13.1 Å². The van der Waals surface area contributed by atoms with E-state index in [1.165, 1.54) is 0 Å². The topological polar surface area (TPSA) is 55.8 Å². The third-order valence-electron chi connectivity index (χ3n) is 4.86. The Morgan fingerprint density at radius 2 is 1.93 bits per heavy atom. The van der Waals surface area contributed by atoms with E-state index >= 15 is 0 Å². The molecular formula is C22H16ClNO4. The lowest BCUT2D eigenvalue weighted by molar-refractivity contribution is 0.0826. The normalized spacial score (nSPS) is 14.0. The van der Waals surface area contributed by atoms with Crippen molar-refractivity contribution in [1.29, 1.82) is 0 Å². The summed E-state index contributed by atoms with van der Waals surface area (Å²) < 4.78 is 17.0. The molecule has 3 heterocycles.